The summed E-state index contributed by atoms with van der Waals surface area (Å²) in [5.41, 5.74) is 2.60. The molecule has 2 heterocycles. The molecule has 1 fully saturated rings. The summed E-state index contributed by atoms with van der Waals surface area (Å²) < 4.78 is 5.56. The summed E-state index contributed by atoms with van der Waals surface area (Å²) in [4.78, 5) is 8.85. The quantitative estimate of drug-likeness (QED) is 0.855. The maximum Gasteiger partial charge on any atom is 0.231 e. The van der Waals surface area contributed by atoms with Gasteiger partial charge in [0.25, 0.3) is 0 Å². The standard InChI is InChI=1S/C15H22N4OS/c1-2-8-16-12-7-5-3-4-6-11(12)15-18-14(19-20-15)13-9-21-10-17-13/h9-12,16H,2-8H2,1H3. The number of aromatic nitrogens is 3. The molecule has 2 atom stereocenters. The number of hydrogen-bond donors (Lipinski definition) is 1. The second-order valence-corrected chi connectivity index (χ2v) is 6.35. The first-order valence-corrected chi connectivity index (χ1v) is 8.78. The number of rotatable bonds is 5. The minimum absolute atomic E-state index is 0.332. The maximum absolute atomic E-state index is 5.56. The van der Waals surface area contributed by atoms with Gasteiger partial charge in [-0.05, 0) is 25.8 Å². The molecule has 3 rings (SSSR count). The van der Waals surface area contributed by atoms with Gasteiger partial charge in [0, 0.05) is 11.4 Å². The molecule has 1 N–H and O–H groups in total. The number of nitrogens with one attached hydrogen (secondary N) is 1. The van der Waals surface area contributed by atoms with Gasteiger partial charge in [-0.25, -0.2) is 4.98 Å². The van der Waals surface area contributed by atoms with E-state index in [9.17, 15) is 0 Å². The van der Waals surface area contributed by atoms with E-state index in [-0.39, 0.29) is 0 Å². The van der Waals surface area contributed by atoms with Crippen LogP contribution >= 0.6 is 11.3 Å². The van der Waals surface area contributed by atoms with E-state index in [4.69, 9.17) is 4.52 Å². The van der Waals surface area contributed by atoms with E-state index in [0.717, 1.165) is 31.0 Å². The molecule has 21 heavy (non-hydrogen) atoms. The summed E-state index contributed by atoms with van der Waals surface area (Å²) in [5.74, 6) is 1.72. The Balaban J connectivity index is 1.78. The molecule has 1 aliphatic rings. The lowest BCUT2D eigenvalue weighted by Crippen LogP contribution is -2.35. The van der Waals surface area contributed by atoms with Gasteiger partial charge < -0.3 is 9.84 Å². The molecule has 114 valence electrons. The van der Waals surface area contributed by atoms with Gasteiger partial charge in [0.15, 0.2) is 0 Å². The van der Waals surface area contributed by atoms with Crippen LogP contribution in [0.2, 0.25) is 0 Å². The fraction of sp³-hybridized carbons (Fsp3) is 0.667. The van der Waals surface area contributed by atoms with Crippen molar-refractivity contribution in [2.24, 2.45) is 0 Å². The minimum atomic E-state index is 0.332. The average molecular weight is 306 g/mol. The topological polar surface area (TPSA) is 63.8 Å². The van der Waals surface area contributed by atoms with Crippen LogP contribution in [0.1, 0.15) is 57.3 Å². The molecule has 1 saturated carbocycles. The average Bonchev–Trinajstić information content (AvgIpc) is 3.13. The molecule has 0 radical (unpaired) electrons. The lowest BCUT2D eigenvalue weighted by atomic mass is 9.94. The van der Waals surface area contributed by atoms with Crippen molar-refractivity contribution in [1.82, 2.24) is 20.4 Å². The van der Waals surface area contributed by atoms with Crippen molar-refractivity contribution in [3.05, 3.63) is 16.8 Å². The molecule has 5 nitrogen and oxygen atoms in total. The highest BCUT2D eigenvalue weighted by molar-refractivity contribution is 7.07. The van der Waals surface area contributed by atoms with Crippen LogP contribution < -0.4 is 5.32 Å². The predicted molar refractivity (Wildman–Crippen MR) is 83.3 cm³/mol. The van der Waals surface area contributed by atoms with Crippen LogP contribution in [0.15, 0.2) is 15.4 Å². The Morgan fingerprint density at radius 1 is 1.33 bits per heavy atom. The van der Waals surface area contributed by atoms with E-state index in [1.807, 2.05) is 5.38 Å². The first-order chi connectivity index (χ1) is 10.4. The van der Waals surface area contributed by atoms with Crippen molar-refractivity contribution in [2.75, 3.05) is 6.54 Å². The molecule has 6 heteroatoms. The first-order valence-electron chi connectivity index (χ1n) is 7.84. The molecular formula is C15H22N4OS. The summed E-state index contributed by atoms with van der Waals surface area (Å²) in [6, 6.07) is 0.455. The normalized spacial score (nSPS) is 23.1. The monoisotopic (exact) mass is 306 g/mol. The van der Waals surface area contributed by atoms with Gasteiger partial charge in [-0.3, -0.25) is 0 Å². The first kappa shape index (κ1) is 14.7. The van der Waals surface area contributed by atoms with E-state index in [0.29, 0.717) is 17.8 Å². The van der Waals surface area contributed by atoms with E-state index in [1.165, 1.54) is 25.7 Å². The van der Waals surface area contributed by atoms with E-state index in [1.54, 1.807) is 16.8 Å². The van der Waals surface area contributed by atoms with E-state index >= 15 is 0 Å². The van der Waals surface area contributed by atoms with Gasteiger partial charge in [0.05, 0.1) is 11.4 Å². The van der Waals surface area contributed by atoms with Crippen LogP contribution in [0.25, 0.3) is 11.5 Å². The van der Waals surface area contributed by atoms with Gasteiger partial charge in [0.1, 0.15) is 5.69 Å². The number of hydrogen-bond acceptors (Lipinski definition) is 6. The lowest BCUT2D eigenvalue weighted by molar-refractivity contribution is 0.304. The molecular weight excluding hydrogens is 284 g/mol. The van der Waals surface area contributed by atoms with Crippen molar-refractivity contribution < 1.29 is 4.52 Å². The summed E-state index contributed by atoms with van der Waals surface area (Å²) in [6.45, 7) is 3.25. The van der Waals surface area contributed by atoms with E-state index < -0.39 is 0 Å². The highest BCUT2D eigenvalue weighted by Gasteiger charge is 2.29. The Kier molecular flexibility index (Phi) is 4.98. The Labute approximate surface area is 129 Å². The van der Waals surface area contributed by atoms with Crippen LogP contribution in [-0.4, -0.2) is 27.7 Å². The SMILES string of the molecule is CCCNC1CCCCCC1c1nc(-c2cscn2)no1. The van der Waals surface area contributed by atoms with Crippen molar-refractivity contribution in [1.29, 1.82) is 0 Å². The third-order valence-electron chi connectivity index (χ3n) is 4.09. The Morgan fingerprint density at radius 3 is 3.05 bits per heavy atom. The molecule has 2 aromatic rings. The van der Waals surface area contributed by atoms with Crippen LogP contribution in [0.4, 0.5) is 0 Å². The minimum Gasteiger partial charge on any atom is -0.339 e. The molecule has 0 aliphatic heterocycles. The summed E-state index contributed by atoms with van der Waals surface area (Å²) in [6.07, 6.45) is 7.29. The van der Waals surface area contributed by atoms with Crippen LogP contribution in [-0.2, 0) is 0 Å². The van der Waals surface area contributed by atoms with Crippen molar-refractivity contribution in [3.63, 3.8) is 0 Å². The fourth-order valence-corrected chi connectivity index (χ4v) is 3.52. The molecule has 2 unspecified atom stereocenters. The lowest BCUT2D eigenvalue weighted by Gasteiger charge is -2.23. The molecule has 0 spiro atoms. The van der Waals surface area contributed by atoms with Crippen molar-refractivity contribution in [2.45, 2.75) is 57.4 Å². The molecule has 0 saturated heterocycles. The Hall–Kier alpha value is -1.27. The third kappa shape index (κ3) is 3.49. The molecule has 0 bridgehead atoms. The third-order valence-corrected chi connectivity index (χ3v) is 4.68. The van der Waals surface area contributed by atoms with Gasteiger partial charge >= 0.3 is 0 Å². The second kappa shape index (κ2) is 7.13. The van der Waals surface area contributed by atoms with Crippen molar-refractivity contribution >= 4 is 11.3 Å². The Bertz CT molecular complexity index is 540. The number of thiazole rings is 1. The van der Waals surface area contributed by atoms with Crippen molar-refractivity contribution in [3.8, 4) is 11.5 Å². The zero-order chi connectivity index (χ0) is 14.5. The maximum atomic E-state index is 5.56. The highest BCUT2D eigenvalue weighted by Crippen LogP contribution is 2.32. The summed E-state index contributed by atoms with van der Waals surface area (Å²) in [5, 5.41) is 9.72. The van der Waals surface area contributed by atoms with E-state index in [2.05, 4.69) is 27.4 Å². The zero-order valence-corrected chi connectivity index (χ0v) is 13.2. The fourth-order valence-electron chi connectivity index (χ4n) is 2.99. The largest absolute Gasteiger partial charge is 0.339 e. The van der Waals surface area contributed by atoms with Crippen LogP contribution in [0.3, 0.4) is 0 Å². The molecule has 0 aromatic carbocycles. The van der Waals surface area contributed by atoms with Gasteiger partial charge in [0.2, 0.25) is 11.7 Å². The Morgan fingerprint density at radius 2 is 2.24 bits per heavy atom. The number of nitrogens with zero attached hydrogens (tertiary/aromatic N) is 3. The van der Waals surface area contributed by atoms with Crippen LogP contribution in [0, 0.1) is 0 Å². The molecule has 1 aliphatic carbocycles. The predicted octanol–water partition coefficient (Wildman–Crippen LogP) is 3.61. The summed E-state index contributed by atoms with van der Waals surface area (Å²) >= 11 is 1.55. The van der Waals surface area contributed by atoms with Gasteiger partial charge in [-0.1, -0.05) is 31.3 Å². The smallest absolute Gasteiger partial charge is 0.231 e. The molecule has 2 aromatic heterocycles. The van der Waals surface area contributed by atoms with Crippen LogP contribution in [0.5, 0.6) is 0 Å². The van der Waals surface area contributed by atoms with Gasteiger partial charge in [-0.2, -0.15) is 4.98 Å². The molecule has 0 amide bonds. The highest BCUT2D eigenvalue weighted by atomic mass is 32.1. The second-order valence-electron chi connectivity index (χ2n) is 5.64. The summed E-state index contributed by atoms with van der Waals surface area (Å²) in [7, 11) is 0. The van der Waals surface area contributed by atoms with Gasteiger partial charge in [-0.15, -0.1) is 11.3 Å². The zero-order valence-electron chi connectivity index (χ0n) is 12.4.